The highest BCUT2D eigenvalue weighted by molar-refractivity contribution is 9.10. The van der Waals surface area contributed by atoms with Crippen molar-refractivity contribution in [1.82, 2.24) is 9.97 Å². The summed E-state index contributed by atoms with van der Waals surface area (Å²) in [5.74, 6) is -0.0913. The van der Waals surface area contributed by atoms with Gasteiger partial charge in [0.1, 0.15) is 5.82 Å². The number of benzene rings is 3. The average molecular weight is 633 g/mol. The summed E-state index contributed by atoms with van der Waals surface area (Å²) in [6, 6.07) is 22.2. The molecule has 2 heterocycles. The van der Waals surface area contributed by atoms with Gasteiger partial charge in [-0.05, 0) is 70.0 Å². The molecular formula is C28H22BrFN8O4. The fourth-order valence-electron chi connectivity index (χ4n) is 3.66. The van der Waals surface area contributed by atoms with Gasteiger partial charge in [0, 0.05) is 57.3 Å². The number of nitrogens with one attached hydrogen (secondary N) is 2. The second-order valence-corrected chi connectivity index (χ2v) is 9.55. The van der Waals surface area contributed by atoms with Crippen LogP contribution in [0.4, 0.5) is 50.2 Å². The quantitative estimate of drug-likeness (QED) is 0.0810. The van der Waals surface area contributed by atoms with E-state index in [1.165, 1.54) is 36.7 Å². The molecule has 212 valence electrons. The monoisotopic (exact) mass is 632 g/mol. The SMILES string of the molecule is Nc1cccc(Nc2ncc(-c3ccc(F)cc3)cc2[N+](=O)[O-])c1.Nc1cccc(Nc2ncc(Br)cc2[N+](=O)[O-])c1. The van der Waals surface area contributed by atoms with Crippen LogP contribution in [-0.2, 0) is 0 Å². The zero-order valence-corrected chi connectivity index (χ0v) is 23.2. The predicted octanol–water partition coefficient (Wildman–Crippen LogP) is 7.20. The van der Waals surface area contributed by atoms with Crippen LogP contribution in [-0.4, -0.2) is 19.8 Å². The van der Waals surface area contributed by atoms with E-state index in [1.807, 2.05) is 0 Å². The highest BCUT2D eigenvalue weighted by Crippen LogP contribution is 2.31. The minimum absolute atomic E-state index is 0.105. The first-order valence-corrected chi connectivity index (χ1v) is 12.8. The molecule has 0 spiro atoms. The highest BCUT2D eigenvalue weighted by atomic mass is 79.9. The van der Waals surface area contributed by atoms with Crippen LogP contribution < -0.4 is 22.1 Å². The molecule has 5 aromatic rings. The van der Waals surface area contributed by atoms with Gasteiger partial charge in [-0.15, -0.1) is 0 Å². The van der Waals surface area contributed by atoms with Crippen molar-refractivity contribution in [3.8, 4) is 11.1 Å². The number of halogens is 2. The summed E-state index contributed by atoms with van der Waals surface area (Å²) < 4.78 is 13.6. The number of anilines is 6. The first-order chi connectivity index (χ1) is 20.1. The molecule has 42 heavy (non-hydrogen) atoms. The Morgan fingerprint density at radius 3 is 1.69 bits per heavy atom. The zero-order valence-electron chi connectivity index (χ0n) is 21.6. The van der Waals surface area contributed by atoms with E-state index in [2.05, 4.69) is 36.5 Å². The van der Waals surface area contributed by atoms with E-state index in [0.717, 1.165) is 0 Å². The molecule has 2 aromatic heterocycles. The number of hydrogen-bond acceptors (Lipinski definition) is 10. The Balaban J connectivity index is 0.000000201. The van der Waals surface area contributed by atoms with Crippen molar-refractivity contribution in [3.63, 3.8) is 0 Å². The molecular weight excluding hydrogens is 611 g/mol. The normalized spacial score (nSPS) is 10.2. The fourth-order valence-corrected chi connectivity index (χ4v) is 3.98. The molecule has 0 aliphatic rings. The smallest absolute Gasteiger partial charge is 0.312 e. The molecule has 0 saturated heterocycles. The second-order valence-electron chi connectivity index (χ2n) is 8.64. The molecule has 0 amide bonds. The average Bonchev–Trinajstić information content (AvgIpc) is 2.95. The number of nitrogens with two attached hydrogens (primary N) is 2. The first kappa shape index (κ1) is 29.4. The Bertz CT molecular complexity index is 1760. The molecule has 0 atom stereocenters. The Hall–Kier alpha value is -5.63. The van der Waals surface area contributed by atoms with Gasteiger partial charge in [0.25, 0.3) is 0 Å². The third-order valence-electron chi connectivity index (χ3n) is 5.57. The number of nitrogens with zero attached hydrogens (tertiary/aromatic N) is 4. The van der Waals surface area contributed by atoms with E-state index in [9.17, 15) is 24.6 Å². The largest absolute Gasteiger partial charge is 0.399 e. The zero-order chi connectivity index (χ0) is 30.2. The van der Waals surface area contributed by atoms with Crippen LogP contribution in [0.3, 0.4) is 0 Å². The number of nitrogen functional groups attached to an aromatic ring is 2. The summed E-state index contributed by atoms with van der Waals surface area (Å²) in [5, 5.41) is 28.0. The second kappa shape index (κ2) is 13.1. The van der Waals surface area contributed by atoms with E-state index in [1.54, 1.807) is 60.7 Å². The summed E-state index contributed by atoms with van der Waals surface area (Å²) in [4.78, 5) is 29.4. The molecule has 3 aromatic carbocycles. The summed E-state index contributed by atoms with van der Waals surface area (Å²) >= 11 is 3.15. The van der Waals surface area contributed by atoms with Crippen LogP contribution in [0.1, 0.15) is 0 Å². The van der Waals surface area contributed by atoms with Crippen LogP contribution in [0.2, 0.25) is 0 Å². The number of aromatic nitrogens is 2. The molecule has 0 aliphatic heterocycles. The molecule has 5 rings (SSSR count). The van der Waals surface area contributed by atoms with E-state index < -0.39 is 9.85 Å². The molecule has 0 radical (unpaired) electrons. The molecule has 0 aliphatic carbocycles. The van der Waals surface area contributed by atoms with Gasteiger partial charge in [0.2, 0.25) is 11.6 Å². The van der Waals surface area contributed by atoms with Crippen molar-refractivity contribution in [1.29, 1.82) is 0 Å². The van der Waals surface area contributed by atoms with Gasteiger partial charge < -0.3 is 22.1 Å². The molecule has 12 nitrogen and oxygen atoms in total. The Morgan fingerprint density at radius 1 is 0.690 bits per heavy atom. The number of rotatable bonds is 7. The molecule has 6 N–H and O–H groups in total. The molecule has 0 unspecified atom stereocenters. The number of nitro groups is 2. The predicted molar refractivity (Wildman–Crippen MR) is 163 cm³/mol. The van der Waals surface area contributed by atoms with Crippen LogP contribution in [0, 0.1) is 26.0 Å². The van der Waals surface area contributed by atoms with Crippen LogP contribution in [0.5, 0.6) is 0 Å². The van der Waals surface area contributed by atoms with Gasteiger partial charge in [0.05, 0.1) is 9.85 Å². The van der Waals surface area contributed by atoms with E-state index in [-0.39, 0.29) is 28.8 Å². The van der Waals surface area contributed by atoms with Crippen molar-refractivity contribution >= 4 is 61.7 Å². The minimum Gasteiger partial charge on any atom is -0.399 e. The number of pyridine rings is 2. The maximum Gasteiger partial charge on any atom is 0.312 e. The Kier molecular flexibility index (Phi) is 9.19. The standard InChI is InChI=1S/C17H13FN4O2.C11H9BrN4O2/c18-13-6-4-11(5-7-13)12-8-16(22(23)24)17(20-10-12)21-15-3-1-2-14(19)9-15;12-7-4-10(16(17)18)11(14-6-7)15-9-3-1-2-8(13)5-9/h1-10H,19H2,(H,20,21);1-6H,13H2,(H,14,15). The van der Waals surface area contributed by atoms with Crippen molar-refractivity contribution in [3.05, 3.63) is 128 Å². The van der Waals surface area contributed by atoms with Crippen LogP contribution in [0.15, 0.2) is 102 Å². The van der Waals surface area contributed by atoms with Gasteiger partial charge >= 0.3 is 11.4 Å². The summed E-state index contributed by atoms with van der Waals surface area (Å²) in [5.41, 5.74) is 14.6. The van der Waals surface area contributed by atoms with Gasteiger partial charge in [0.15, 0.2) is 0 Å². The Morgan fingerprint density at radius 2 is 1.19 bits per heavy atom. The third kappa shape index (κ3) is 7.73. The van der Waals surface area contributed by atoms with Crippen molar-refractivity contribution in [2.24, 2.45) is 0 Å². The lowest BCUT2D eigenvalue weighted by Gasteiger charge is -2.08. The summed E-state index contributed by atoms with van der Waals surface area (Å²) in [6.07, 6.45) is 2.98. The number of hydrogen-bond donors (Lipinski definition) is 4. The van der Waals surface area contributed by atoms with E-state index >= 15 is 0 Å². The lowest BCUT2D eigenvalue weighted by Crippen LogP contribution is -2.00. The maximum absolute atomic E-state index is 13.0. The summed E-state index contributed by atoms with van der Waals surface area (Å²) in [7, 11) is 0. The highest BCUT2D eigenvalue weighted by Gasteiger charge is 2.18. The minimum atomic E-state index is -0.519. The molecule has 0 saturated carbocycles. The molecule has 14 heteroatoms. The van der Waals surface area contributed by atoms with Gasteiger partial charge in [-0.25, -0.2) is 14.4 Å². The van der Waals surface area contributed by atoms with Gasteiger partial charge in [-0.3, -0.25) is 20.2 Å². The Labute approximate surface area is 246 Å². The fraction of sp³-hybridized carbons (Fsp3) is 0. The third-order valence-corrected chi connectivity index (χ3v) is 6.01. The van der Waals surface area contributed by atoms with Crippen molar-refractivity contribution in [2.45, 2.75) is 0 Å². The van der Waals surface area contributed by atoms with E-state index in [0.29, 0.717) is 38.3 Å². The van der Waals surface area contributed by atoms with E-state index in [4.69, 9.17) is 11.5 Å². The topological polar surface area (TPSA) is 188 Å². The molecule has 0 bridgehead atoms. The van der Waals surface area contributed by atoms with Gasteiger partial charge in [-0.2, -0.15) is 0 Å². The van der Waals surface area contributed by atoms with Crippen molar-refractivity contribution in [2.75, 3.05) is 22.1 Å². The lowest BCUT2D eigenvalue weighted by molar-refractivity contribution is -0.384. The van der Waals surface area contributed by atoms with Crippen molar-refractivity contribution < 1.29 is 14.2 Å². The lowest BCUT2D eigenvalue weighted by atomic mass is 10.1. The van der Waals surface area contributed by atoms with Crippen LogP contribution >= 0.6 is 15.9 Å². The van der Waals surface area contributed by atoms with Gasteiger partial charge in [-0.1, -0.05) is 24.3 Å². The maximum atomic E-state index is 13.0. The summed E-state index contributed by atoms with van der Waals surface area (Å²) in [6.45, 7) is 0. The van der Waals surface area contributed by atoms with Crippen LogP contribution in [0.25, 0.3) is 11.1 Å². The first-order valence-electron chi connectivity index (χ1n) is 12.0. The molecule has 0 fully saturated rings.